The zero-order valence-electron chi connectivity index (χ0n) is 8.08. The highest BCUT2D eigenvalue weighted by molar-refractivity contribution is 5.04. The molecule has 0 aromatic carbocycles. The van der Waals surface area contributed by atoms with E-state index in [9.17, 15) is 0 Å². The molecule has 0 aliphatic heterocycles. The minimum Gasteiger partial charge on any atom is -0.308 e. The minimum absolute atomic E-state index is 0.672. The Morgan fingerprint density at radius 1 is 1.46 bits per heavy atom. The molecular weight excluding hydrogens is 166 g/mol. The monoisotopic (exact) mass is 181 g/mol. The Labute approximate surface area is 77.7 Å². The van der Waals surface area contributed by atoms with Gasteiger partial charge in [0.2, 0.25) is 0 Å². The molecule has 0 unspecified atom stereocenters. The Hall–Kier alpha value is -0.900. The van der Waals surface area contributed by atoms with Crippen molar-refractivity contribution in [3.63, 3.8) is 0 Å². The molecule has 2 rings (SSSR count). The number of aromatic nitrogens is 2. The number of hydrogen-bond donors (Lipinski definition) is 1. The van der Waals surface area contributed by atoms with Crippen LogP contribution in [-0.4, -0.2) is 16.4 Å². The van der Waals surface area contributed by atoms with Crippen LogP contribution in [0.3, 0.4) is 0 Å². The predicted molar refractivity (Wildman–Crippen MR) is 48.1 cm³/mol. The Morgan fingerprint density at radius 3 is 2.77 bits per heavy atom. The van der Waals surface area contributed by atoms with E-state index in [0.29, 0.717) is 6.04 Å². The SMILES string of the molecule is Cc1nonc1CNC1CC(C)C1. The van der Waals surface area contributed by atoms with Crippen molar-refractivity contribution in [2.75, 3.05) is 0 Å². The van der Waals surface area contributed by atoms with Crippen LogP contribution in [0.1, 0.15) is 31.2 Å². The first-order chi connectivity index (χ1) is 6.25. The van der Waals surface area contributed by atoms with Crippen LogP contribution in [0.15, 0.2) is 4.63 Å². The topological polar surface area (TPSA) is 51.0 Å². The smallest absolute Gasteiger partial charge is 0.121 e. The van der Waals surface area contributed by atoms with Crippen LogP contribution in [0.4, 0.5) is 0 Å². The normalized spacial score (nSPS) is 27.2. The maximum atomic E-state index is 4.61. The van der Waals surface area contributed by atoms with Crippen LogP contribution in [-0.2, 0) is 6.54 Å². The second-order valence-electron chi connectivity index (χ2n) is 3.95. The molecule has 0 spiro atoms. The molecular formula is C9H15N3O. The zero-order chi connectivity index (χ0) is 9.26. The van der Waals surface area contributed by atoms with Gasteiger partial charge in [0.05, 0.1) is 0 Å². The standard InChI is InChI=1S/C9H15N3O/c1-6-3-8(4-6)10-5-9-7(2)11-13-12-9/h6,8,10H,3-5H2,1-2H3. The molecule has 0 atom stereocenters. The summed E-state index contributed by atoms with van der Waals surface area (Å²) in [6.07, 6.45) is 2.56. The van der Waals surface area contributed by atoms with Gasteiger partial charge in [0, 0.05) is 12.6 Å². The summed E-state index contributed by atoms with van der Waals surface area (Å²) >= 11 is 0. The average molecular weight is 181 g/mol. The van der Waals surface area contributed by atoms with Gasteiger partial charge in [-0.3, -0.25) is 0 Å². The van der Waals surface area contributed by atoms with Gasteiger partial charge >= 0.3 is 0 Å². The number of rotatable bonds is 3. The van der Waals surface area contributed by atoms with Crippen LogP contribution in [0, 0.1) is 12.8 Å². The molecule has 0 saturated heterocycles. The summed E-state index contributed by atoms with van der Waals surface area (Å²) in [5.74, 6) is 0.883. The molecule has 1 heterocycles. The van der Waals surface area contributed by atoms with Crippen LogP contribution < -0.4 is 5.32 Å². The van der Waals surface area contributed by atoms with Crippen LogP contribution >= 0.6 is 0 Å². The Balaban J connectivity index is 1.77. The van der Waals surface area contributed by atoms with E-state index in [1.165, 1.54) is 12.8 Å². The molecule has 1 saturated carbocycles. The fourth-order valence-corrected chi connectivity index (χ4v) is 1.72. The van der Waals surface area contributed by atoms with Crippen molar-refractivity contribution in [1.29, 1.82) is 0 Å². The number of nitrogens with one attached hydrogen (secondary N) is 1. The highest BCUT2D eigenvalue weighted by atomic mass is 16.6. The van der Waals surface area contributed by atoms with E-state index in [1.54, 1.807) is 0 Å². The van der Waals surface area contributed by atoms with Crippen molar-refractivity contribution < 1.29 is 4.63 Å². The molecule has 0 radical (unpaired) electrons. The van der Waals surface area contributed by atoms with Crippen molar-refractivity contribution >= 4 is 0 Å². The third kappa shape index (κ3) is 1.88. The van der Waals surface area contributed by atoms with E-state index in [-0.39, 0.29) is 0 Å². The predicted octanol–water partition coefficient (Wildman–Crippen LogP) is 1.27. The van der Waals surface area contributed by atoms with Gasteiger partial charge in [-0.2, -0.15) is 0 Å². The second-order valence-corrected chi connectivity index (χ2v) is 3.95. The van der Waals surface area contributed by atoms with Gasteiger partial charge in [-0.25, -0.2) is 4.63 Å². The highest BCUT2D eigenvalue weighted by Gasteiger charge is 2.24. The summed E-state index contributed by atoms with van der Waals surface area (Å²) in [5.41, 5.74) is 1.82. The van der Waals surface area contributed by atoms with Gasteiger partial charge in [0.15, 0.2) is 0 Å². The van der Waals surface area contributed by atoms with Gasteiger partial charge in [-0.15, -0.1) is 0 Å². The molecule has 1 N–H and O–H groups in total. The van der Waals surface area contributed by atoms with Crippen LogP contribution in [0.25, 0.3) is 0 Å². The van der Waals surface area contributed by atoms with E-state index in [0.717, 1.165) is 23.9 Å². The fraction of sp³-hybridized carbons (Fsp3) is 0.778. The molecule has 1 aliphatic rings. The van der Waals surface area contributed by atoms with Gasteiger partial charge < -0.3 is 5.32 Å². The number of nitrogens with zero attached hydrogens (tertiary/aromatic N) is 2. The lowest BCUT2D eigenvalue weighted by Gasteiger charge is -2.33. The summed E-state index contributed by atoms with van der Waals surface area (Å²) < 4.78 is 4.61. The summed E-state index contributed by atoms with van der Waals surface area (Å²) in [6.45, 7) is 4.98. The summed E-state index contributed by atoms with van der Waals surface area (Å²) in [7, 11) is 0. The summed E-state index contributed by atoms with van der Waals surface area (Å²) in [6, 6.07) is 0.672. The van der Waals surface area contributed by atoms with E-state index < -0.39 is 0 Å². The first kappa shape index (κ1) is 8.69. The van der Waals surface area contributed by atoms with Crippen molar-refractivity contribution in [2.24, 2.45) is 5.92 Å². The van der Waals surface area contributed by atoms with Crippen molar-refractivity contribution in [3.05, 3.63) is 11.4 Å². The molecule has 1 fully saturated rings. The molecule has 72 valence electrons. The second kappa shape index (κ2) is 3.46. The fourth-order valence-electron chi connectivity index (χ4n) is 1.72. The van der Waals surface area contributed by atoms with Crippen molar-refractivity contribution in [1.82, 2.24) is 15.6 Å². The molecule has 0 bridgehead atoms. The molecule has 0 amide bonds. The highest BCUT2D eigenvalue weighted by Crippen LogP contribution is 2.26. The molecule has 4 nitrogen and oxygen atoms in total. The molecule has 13 heavy (non-hydrogen) atoms. The lowest BCUT2D eigenvalue weighted by Crippen LogP contribution is -2.39. The zero-order valence-corrected chi connectivity index (χ0v) is 8.08. The van der Waals surface area contributed by atoms with E-state index in [2.05, 4.69) is 27.2 Å². The van der Waals surface area contributed by atoms with E-state index in [1.807, 2.05) is 6.92 Å². The lowest BCUT2D eigenvalue weighted by molar-refractivity contribution is 0.237. The van der Waals surface area contributed by atoms with E-state index >= 15 is 0 Å². The Bertz CT molecular complexity index is 278. The van der Waals surface area contributed by atoms with Crippen LogP contribution in [0.2, 0.25) is 0 Å². The minimum atomic E-state index is 0.672. The van der Waals surface area contributed by atoms with Gasteiger partial charge in [0.25, 0.3) is 0 Å². The van der Waals surface area contributed by atoms with Crippen LogP contribution in [0.5, 0.6) is 0 Å². The maximum Gasteiger partial charge on any atom is 0.121 e. The molecule has 1 aliphatic carbocycles. The third-order valence-electron chi connectivity index (χ3n) is 2.68. The third-order valence-corrected chi connectivity index (χ3v) is 2.68. The van der Waals surface area contributed by atoms with Gasteiger partial charge in [0.1, 0.15) is 11.4 Å². The van der Waals surface area contributed by atoms with Gasteiger partial charge in [-0.1, -0.05) is 17.2 Å². The lowest BCUT2D eigenvalue weighted by atomic mass is 9.82. The molecule has 4 heteroatoms. The number of hydrogen-bond acceptors (Lipinski definition) is 4. The Morgan fingerprint density at radius 2 is 2.23 bits per heavy atom. The average Bonchev–Trinajstić information content (AvgIpc) is 2.43. The largest absolute Gasteiger partial charge is 0.308 e. The first-order valence-electron chi connectivity index (χ1n) is 4.77. The summed E-state index contributed by atoms with van der Waals surface area (Å²) in [4.78, 5) is 0. The van der Waals surface area contributed by atoms with Crippen molar-refractivity contribution in [2.45, 2.75) is 39.3 Å². The van der Waals surface area contributed by atoms with Crippen molar-refractivity contribution in [3.8, 4) is 0 Å². The molecule has 1 aromatic rings. The first-order valence-corrected chi connectivity index (χ1v) is 4.77. The molecule has 1 aromatic heterocycles. The Kier molecular flexibility index (Phi) is 2.31. The quantitative estimate of drug-likeness (QED) is 0.762. The number of aryl methyl sites for hydroxylation is 1. The van der Waals surface area contributed by atoms with E-state index in [4.69, 9.17) is 0 Å². The summed E-state index contributed by atoms with van der Waals surface area (Å²) in [5, 5.41) is 11.0. The maximum absolute atomic E-state index is 4.61. The van der Waals surface area contributed by atoms with Gasteiger partial charge in [-0.05, 0) is 25.7 Å².